The quantitative estimate of drug-likeness (QED) is 0.744. The fourth-order valence-electron chi connectivity index (χ4n) is 3.46. The smallest absolute Gasteiger partial charge is 0.274 e. The van der Waals surface area contributed by atoms with Crippen LogP contribution in [0.1, 0.15) is 74.3 Å². The van der Waals surface area contributed by atoms with Crippen LogP contribution in [0.15, 0.2) is 36.5 Å². The molecule has 5 nitrogen and oxygen atoms in total. The maximum Gasteiger partial charge on any atom is 0.274 e. The average molecular weight is 352 g/mol. The van der Waals surface area contributed by atoms with E-state index < -0.39 is 0 Å². The van der Waals surface area contributed by atoms with Gasteiger partial charge in [-0.1, -0.05) is 57.7 Å². The van der Waals surface area contributed by atoms with Crippen LogP contribution in [-0.4, -0.2) is 21.9 Å². The number of hydrogen-bond acceptors (Lipinski definition) is 4. The Morgan fingerprint density at radius 1 is 1.08 bits per heavy atom. The Morgan fingerprint density at radius 2 is 1.81 bits per heavy atom. The van der Waals surface area contributed by atoms with Crippen LogP contribution in [0.5, 0.6) is 0 Å². The van der Waals surface area contributed by atoms with Crippen LogP contribution in [0.25, 0.3) is 0 Å². The molecule has 2 N–H and O–H groups in total. The molecule has 138 valence electrons. The van der Waals surface area contributed by atoms with Crippen LogP contribution >= 0.6 is 0 Å². The van der Waals surface area contributed by atoms with E-state index >= 15 is 0 Å². The number of anilines is 2. The Hall–Kier alpha value is -2.43. The van der Waals surface area contributed by atoms with Gasteiger partial charge in [0.1, 0.15) is 5.69 Å². The minimum atomic E-state index is -0.204. The van der Waals surface area contributed by atoms with E-state index in [0.717, 1.165) is 24.1 Å². The zero-order valence-corrected chi connectivity index (χ0v) is 15.7. The van der Waals surface area contributed by atoms with Crippen molar-refractivity contribution >= 4 is 17.5 Å². The second-order valence-corrected chi connectivity index (χ2v) is 7.29. The molecule has 3 rings (SSSR count). The summed E-state index contributed by atoms with van der Waals surface area (Å²) < 4.78 is 0. The van der Waals surface area contributed by atoms with Gasteiger partial charge >= 0.3 is 0 Å². The van der Waals surface area contributed by atoms with Crippen molar-refractivity contribution in [3.8, 4) is 0 Å². The molecule has 0 spiro atoms. The minimum absolute atomic E-state index is 0.204. The molecule has 0 radical (unpaired) electrons. The summed E-state index contributed by atoms with van der Waals surface area (Å²) in [5.41, 5.74) is 2.34. The number of carbonyl (C=O) groups is 1. The van der Waals surface area contributed by atoms with Crippen LogP contribution < -0.4 is 10.6 Å². The maximum absolute atomic E-state index is 12.7. The molecule has 26 heavy (non-hydrogen) atoms. The topological polar surface area (TPSA) is 66.9 Å². The van der Waals surface area contributed by atoms with E-state index in [1.165, 1.54) is 25.7 Å². The van der Waals surface area contributed by atoms with Gasteiger partial charge in [0.2, 0.25) is 5.95 Å². The molecule has 0 aliphatic heterocycles. The van der Waals surface area contributed by atoms with Crippen molar-refractivity contribution in [2.45, 2.75) is 64.3 Å². The summed E-state index contributed by atoms with van der Waals surface area (Å²) >= 11 is 0. The Labute approximate surface area is 155 Å². The lowest BCUT2D eigenvalue weighted by atomic mass is 10.0. The number of nitrogens with zero attached hydrogens (tertiary/aromatic N) is 2. The lowest BCUT2D eigenvalue weighted by Crippen LogP contribution is -2.21. The van der Waals surface area contributed by atoms with E-state index in [0.29, 0.717) is 23.6 Å². The van der Waals surface area contributed by atoms with E-state index in [2.05, 4.69) is 34.4 Å². The molecule has 0 unspecified atom stereocenters. The molecule has 1 saturated carbocycles. The highest BCUT2D eigenvalue weighted by atomic mass is 16.1. The summed E-state index contributed by atoms with van der Waals surface area (Å²) in [6.45, 7) is 4.23. The minimum Gasteiger partial charge on any atom is -0.351 e. The van der Waals surface area contributed by atoms with Crippen LogP contribution in [-0.2, 0) is 0 Å². The molecule has 0 atom stereocenters. The van der Waals surface area contributed by atoms with Gasteiger partial charge in [-0.05, 0) is 36.5 Å². The monoisotopic (exact) mass is 352 g/mol. The number of nitrogens with one attached hydrogen (secondary N) is 2. The van der Waals surface area contributed by atoms with Crippen molar-refractivity contribution in [1.29, 1.82) is 0 Å². The Bertz CT molecular complexity index is 736. The zero-order chi connectivity index (χ0) is 18.4. The standard InChI is InChI=1S/C21H28N4O/c1-15(2)17-11-7-8-12-18(17)24-20(26)19-13-14-22-21(25-19)23-16-9-5-3-4-6-10-16/h7-8,11-16H,3-6,9-10H2,1-2H3,(H,24,26)(H,22,23,25). The van der Waals surface area contributed by atoms with Crippen molar-refractivity contribution in [1.82, 2.24) is 9.97 Å². The van der Waals surface area contributed by atoms with E-state index in [1.807, 2.05) is 24.3 Å². The second kappa shape index (κ2) is 8.79. The third kappa shape index (κ3) is 4.81. The number of rotatable bonds is 5. The first kappa shape index (κ1) is 18.4. The molecule has 2 aromatic rings. The molecule has 0 saturated heterocycles. The first-order valence-electron chi connectivity index (χ1n) is 9.63. The number of hydrogen-bond donors (Lipinski definition) is 2. The Balaban J connectivity index is 1.70. The second-order valence-electron chi connectivity index (χ2n) is 7.29. The lowest BCUT2D eigenvalue weighted by molar-refractivity contribution is 0.102. The van der Waals surface area contributed by atoms with Gasteiger partial charge in [-0.3, -0.25) is 4.79 Å². The highest BCUT2D eigenvalue weighted by molar-refractivity contribution is 6.03. The highest BCUT2D eigenvalue weighted by Gasteiger charge is 2.16. The van der Waals surface area contributed by atoms with Crippen molar-refractivity contribution < 1.29 is 4.79 Å². The molecular formula is C21H28N4O. The van der Waals surface area contributed by atoms with Gasteiger partial charge in [-0.15, -0.1) is 0 Å². The lowest BCUT2D eigenvalue weighted by Gasteiger charge is -2.16. The fraction of sp³-hybridized carbons (Fsp3) is 0.476. The van der Waals surface area contributed by atoms with Crippen LogP contribution in [0.4, 0.5) is 11.6 Å². The summed E-state index contributed by atoms with van der Waals surface area (Å²) in [6.07, 6.45) is 9.01. The predicted molar refractivity (Wildman–Crippen MR) is 106 cm³/mol. The number of amides is 1. The number of aromatic nitrogens is 2. The third-order valence-electron chi connectivity index (χ3n) is 4.91. The van der Waals surface area contributed by atoms with Gasteiger partial charge in [0.05, 0.1) is 0 Å². The van der Waals surface area contributed by atoms with E-state index in [4.69, 9.17) is 0 Å². The van der Waals surface area contributed by atoms with Crippen LogP contribution in [0.3, 0.4) is 0 Å². The molecule has 1 aliphatic rings. The first-order valence-corrected chi connectivity index (χ1v) is 9.63. The third-order valence-corrected chi connectivity index (χ3v) is 4.91. The molecule has 1 aliphatic carbocycles. The van der Waals surface area contributed by atoms with Gasteiger partial charge < -0.3 is 10.6 Å². The summed E-state index contributed by atoms with van der Waals surface area (Å²) in [7, 11) is 0. The molecule has 1 aromatic carbocycles. The molecule has 1 aromatic heterocycles. The van der Waals surface area contributed by atoms with Gasteiger partial charge in [-0.2, -0.15) is 0 Å². The number of para-hydroxylation sites is 1. The Kier molecular flexibility index (Phi) is 6.21. The van der Waals surface area contributed by atoms with Crippen molar-refractivity contribution in [3.63, 3.8) is 0 Å². The summed E-state index contributed by atoms with van der Waals surface area (Å²) in [4.78, 5) is 21.4. The predicted octanol–water partition coefficient (Wildman–Crippen LogP) is 4.99. The van der Waals surface area contributed by atoms with Gasteiger partial charge in [0, 0.05) is 17.9 Å². The van der Waals surface area contributed by atoms with Crippen molar-refractivity contribution in [3.05, 3.63) is 47.8 Å². The first-order chi connectivity index (χ1) is 12.6. The highest BCUT2D eigenvalue weighted by Crippen LogP contribution is 2.24. The summed E-state index contributed by atoms with van der Waals surface area (Å²) in [6, 6.07) is 9.95. The fourth-order valence-corrected chi connectivity index (χ4v) is 3.46. The number of carbonyl (C=O) groups excluding carboxylic acids is 1. The van der Waals surface area contributed by atoms with Crippen molar-refractivity contribution in [2.75, 3.05) is 10.6 Å². The van der Waals surface area contributed by atoms with E-state index in [1.54, 1.807) is 12.3 Å². The van der Waals surface area contributed by atoms with Gasteiger partial charge in [0.25, 0.3) is 5.91 Å². The molecule has 0 bridgehead atoms. The largest absolute Gasteiger partial charge is 0.351 e. The molecular weight excluding hydrogens is 324 g/mol. The molecule has 1 amide bonds. The zero-order valence-electron chi connectivity index (χ0n) is 15.7. The number of benzene rings is 1. The molecule has 1 fully saturated rings. The molecule has 5 heteroatoms. The summed E-state index contributed by atoms with van der Waals surface area (Å²) in [5, 5.41) is 6.40. The normalized spacial score (nSPS) is 15.5. The SMILES string of the molecule is CC(C)c1ccccc1NC(=O)c1ccnc(NC2CCCCCC2)n1. The average Bonchev–Trinajstić information content (AvgIpc) is 2.91. The van der Waals surface area contributed by atoms with Gasteiger partial charge in [-0.25, -0.2) is 9.97 Å². The summed E-state index contributed by atoms with van der Waals surface area (Å²) in [5.74, 6) is 0.676. The van der Waals surface area contributed by atoms with E-state index in [9.17, 15) is 4.79 Å². The van der Waals surface area contributed by atoms with Gasteiger partial charge in [0.15, 0.2) is 0 Å². The van der Waals surface area contributed by atoms with Crippen LogP contribution in [0, 0.1) is 0 Å². The Morgan fingerprint density at radius 3 is 2.54 bits per heavy atom. The van der Waals surface area contributed by atoms with Crippen molar-refractivity contribution in [2.24, 2.45) is 0 Å². The van der Waals surface area contributed by atoms with Crippen LogP contribution in [0.2, 0.25) is 0 Å². The molecule has 1 heterocycles. The maximum atomic E-state index is 12.7. The van der Waals surface area contributed by atoms with E-state index in [-0.39, 0.29) is 5.91 Å².